The Labute approximate surface area is 86.8 Å². The van der Waals surface area contributed by atoms with Crippen LogP contribution in [0, 0.1) is 5.92 Å². The lowest BCUT2D eigenvalue weighted by atomic mass is 9.86. The van der Waals surface area contributed by atoms with Crippen LogP contribution in [-0.2, 0) is 9.47 Å². The second-order valence-corrected chi connectivity index (χ2v) is 3.72. The molecule has 1 rings (SSSR count). The van der Waals surface area contributed by atoms with Gasteiger partial charge >= 0.3 is 12.3 Å². The highest BCUT2D eigenvalue weighted by Crippen LogP contribution is 2.28. The van der Waals surface area contributed by atoms with Crippen molar-refractivity contribution < 1.29 is 29.3 Å². The topological polar surface area (TPSA) is 93.1 Å². The normalized spacial score (nSPS) is 30.6. The minimum Gasteiger partial charge on any atom is -0.450 e. The first-order valence-electron chi connectivity index (χ1n) is 4.78. The summed E-state index contributed by atoms with van der Waals surface area (Å²) in [6, 6.07) is 0. The predicted molar refractivity (Wildman–Crippen MR) is 48.8 cm³/mol. The molecule has 0 aromatic rings. The van der Waals surface area contributed by atoms with Gasteiger partial charge in [-0.25, -0.2) is 9.59 Å². The van der Waals surface area contributed by atoms with Crippen LogP contribution in [0.4, 0.5) is 9.59 Å². The van der Waals surface area contributed by atoms with Gasteiger partial charge in [-0.05, 0) is 25.2 Å². The van der Waals surface area contributed by atoms with Gasteiger partial charge in [-0.15, -0.1) is 0 Å². The van der Waals surface area contributed by atoms with Gasteiger partial charge in [0.15, 0.2) is 0 Å². The van der Waals surface area contributed by atoms with Gasteiger partial charge in [0, 0.05) is 0 Å². The van der Waals surface area contributed by atoms with E-state index in [4.69, 9.17) is 10.2 Å². The first-order valence-corrected chi connectivity index (χ1v) is 4.78. The maximum absolute atomic E-state index is 10.3. The summed E-state index contributed by atoms with van der Waals surface area (Å²) in [6.45, 7) is 1.82. The monoisotopic (exact) mass is 218 g/mol. The Hall–Kier alpha value is -1.46. The summed E-state index contributed by atoms with van der Waals surface area (Å²) in [6.07, 6.45) is -1.75. The van der Waals surface area contributed by atoms with Crippen LogP contribution in [0.2, 0.25) is 0 Å². The van der Waals surface area contributed by atoms with Gasteiger partial charge in [-0.1, -0.05) is 6.92 Å². The third kappa shape index (κ3) is 3.65. The van der Waals surface area contributed by atoms with Crippen LogP contribution in [0.3, 0.4) is 0 Å². The van der Waals surface area contributed by atoms with Crippen LogP contribution in [0.5, 0.6) is 0 Å². The molecule has 6 nitrogen and oxygen atoms in total. The molecule has 0 aromatic heterocycles. The molecule has 0 amide bonds. The highest BCUT2D eigenvalue weighted by atomic mass is 16.7. The Morgan fingerprint density at radius 1 is 1.13 bits per heavy atom. The molecule has 0 heterocycles. The van der Waals surface area contributed by atoms with E-state index in [1.807, 2.05) is 6.92 Å². The quantitative estimate of drug-likeness (QED) is 0.688. The van der Waals surface area contributed by atoms with E-state index in [-0.39, 0.29) is 18.1 Å². The molecule has 2 unspecified atom stereocenters. The molecular formula is C9H14O6. The number of carboxylic acid groups (broad SMARTS) is 2. The van der Waals surface area contributed by atoms with Crippen LogP contribution >= 0.6 is 0 Å². The van der Waals surface area contributed by atoms with Crippen LogP contribution in [0.1, 0.15) is 26.2 Å². The predicted octanol–water partition coefficient (Wildman–Crippen LogP) is 1.93. The lowest BCUT2D eigenvalue weighted by Gasteiger charge is -2.31. The van der Waals surface area contributed by atoms with Crippen LogP contribution in [-0.4, -0.2) is 34.7 Å². The number of ether oxygens (including phenoxy) is 2. The smallest absolute Gasteiger partial charge is 0.450 e. The maximum atomic E-state index is 10.3. The Morgan fingerprint density at radius 2 is 1.73 bits per heavy atom. The molecule has 86 valence electrons. The summed E-state index contributed by atoms with van der Waals surface area (Å²) in [4.78, 5) is 20.6. The molecule has 6 heteroatoms. The van der Waals surface area contributed by atoms with E-state index in [2.05, 4.69) is 9.47 Å². The van der Waals surface area contributed by atoms with Gasteiger partial charge in [-0.2, -0.15) is 0 Å². The molecule has 0 aromatic carbocycles. The number of hydrogen-bond acceptors (Lipinski definition) is 4. The van der Waals surface area contributed by atoms with Gasteiger partial charge in [0.25, 0.3) is 0 Å². The molecule has 0 bridgehead atoms. The molecule has 1 saturated carbocycles. The first kappa shape index (κ1) is 11.6. The van der Waals surface area contributed by atoms with E-state index in [1.165, 1.54) is 0 Å². The van der Waals surface area contributed by atoms with E-state index in [0.717, 1.165) is 0 Å². The molecule has 0 aliphatic heterocycles. The molecule has 0 saturated heterocycles. The molecule has 1 aliphatic rings. The fourth-order valence-electron chi connectivity index (χ4n) is 1.87. The summed E-state index contributed by atoms with van der Waals surface area (Å²) < 4.78 is 9.30. The molecular weight excluding hydrogens is 204 g/mol. The molecule has 1 fully saturated rings. The number of hydrogen-bond donors (Lipinski definition) is 2. The molecule has 1 aliphatic carbocycles. The molecule has 3 atom stereocenters. The Morgan fingerprint density at radius 3 is 2.20 bits per heavy atom. The van der Waals surface area contributed by atoms with Crippen LogP contribution < -0.4 is 0 Å². The zero-order chi connectivity index (χ0) is 11.4. The largest absolute Gasteiger partial charge is 0.506 e. The second-order valence-electron chi connectivity index (χ2n) is 3.72. The highest BCUT2D eigenvalue weighted by molar-refractivity contribution is 5.57. The second kappa shape index (κ2) is 4.86. The lowest BCUT2D eigenvalue weighted by molar-refractivity contribution is -0.0337. The molecule has 0 radical (unpaired) electrons. The lowest BCUT2D eigenvalue weighted by Crippen LogP contribution is -2.35. The van der Waals surface area contributed by atoms with E-state index in [9.17, 15) is 9.59 Å². The Balaban J connectivity index is 2.40. The van der Waals surface area contributed by atoms with Crippen LogP contribution in [0.15, 0.2) is 0 Å². The van der Waals surface area contributed by atoms with Gasteiger partial charge in [0.2, 0.25) is 0 Å². The van der Waals surface area contributed by atoms with Crippen LogP contribution in [0.25, 0.3) is 0 Å². The summed E-state index contributed by atoms with van der Waals surface area (Å²) in [5.41, 5.74) is 0. The van der Waals surface area contributed by atoms with Crippen molar-refractivity contribution in [1.82, 2.24) is 0 Å². The Bertz CT molecular complexity index is 251. The summed E-state index contributed by atoms with van der Waals surface area (Å²) >= 11 is 0. The molecule has 0 spiro atoms. The third-order valence-corrected chi connectivity index (χ3v) is 2.56. The van der Waals surface area contributed by atoms with Crippen molar-refractivity contribution in [3.05, 3.63) is 0 Å². The fraction of sp³-hybridized carbons (Fsp3) is 0.778. The van der Waals surface area contributed by atoms with Crippen molar-refractivity contribution in [3.63, 3.8) is 0 Å². The summed E-state index contributed by atoms with van der Waals surface area (Å²) in [5, 5.41) is 16.9. The van der Waals surface area contributed by atoms with Crippen molar-refractivity contribution in [3.8, 4) is 0 Å². The zero-order valence-electron chi connectivity index (χ0n) is 8.38. The maximum Gasteiger partial charge on any atom is 0.506 e. The van der Waals surface area contributed by atoms with Crippen molar-refractivity contribution >= 4 is 12.3 Å². The average Bonchev–Trinajstić information content (AvgIpc) is 2.08. The van der Waals surface area contributed by atoms with E-state index in [0.29, 0.717) is 19.3 Å². The van der Waals surface area contributed by atoms with E-state index < -0.39 is 12.3 Å². The summed E-state index contributed by atoms with van der Waals surface area (Å²) in [5.74, 6) is -0.0146. The average molecular weight is 218 g/mol. The first-order chi connectivity index (χ1) is 6.99. The van der Waals surface area contributed by atoms with E-state index >= 15 is 0 Å². The Kier molecular flexibility index (Phi) is 3.76. The van der Waals surface area contributed by atoms with Crippen molar-refractivity contribution in [2.24, 2.45) is 5.92 Å². The number of carbonyl (C=O) groups is 2. The molecule has 2 N–H and O–H groups in total. The third-order valence-electron chi connectivity index (χ3n) is 2.56. The highest BCUT2D eigenvalue weighted by Gasteiger charge is 2.31. The SMILES string of the molecule is CC1CC(OC(=O)O)CC[C@@H]1OC(=O)O. The van der Waals surface area contributed by atoms with E-state index in [1.54, 1.807) is 0 Å². The fourth-order valence-corrected chi connectivity index (χ4v) is 1.87. The van der Waals surface area contributed by atoms with Gasteiger partial charge in [0.1, 0.15) is 12.2 Å². The zero-order valence-corrected chi connectivity index (χ0v) is 8.38. The van der Waals surface area contributed by atoms with Gasteiger partial charge in [0.05, 0.1) is 0 Å². The minimum atomic E-state index is -1.29. The van der Waals surface area contributed by atoms with Gasteiger partial charge in [-0.3, -0.25) is 0 Å². The van der Waals surface area contributed by atoms with Crippen molar-refractivity contribution in [2.75, 3.05) is 0 Å². The minimum absolute atomic E-state index is 0.0146. The number of rotatable bonds is 2. The molecule has 15 heavy (non-hydrogen) atoms. The standard InChI is InChI=1S/C9H14O6/c1-5-4-6(14-8(10)11)2-3-7(5)15-9(12)13/h5-7H,2-4H2,1H3,(H,10,11)(H,12,13)/t5?,6?,7-/m0/s1. The van der Waals surface area contributed by atoms with Crippen molar-refractivity contribution in [1.29, 1.82) is 0 Å². The van der Waals surface area contributed by atoms with Gasteiger partial charge < -0.3 is 19.7 Å². The summed E-state index contributed by atoms with van der Waals surface area (Å²) in [7, 11) is 0. The van der Waals surface area contributed by atoms with Crippen molar-refractivity contribution in [2.45, 2.75) is 38.4 Å².